The van der Waals surface area contributed by atoms with Gasteiger partial charge in [-0.15, -0.1) is 0 Å². The SMILES string of the molecule is O=C(O)CC(CC(=O)O)(OP(=O)([O-])O)C(=O)O.[Na+]. The summed E-state index contributed by atoms with van der Waals surface area (Å²) in [5, 5.41) is 25.5. The summed E-state index contributed by atoms with van der Waals surface area (Å²) in [4.78, 5) is 50.3. The summed E-state index contributed by atoms with van der Waals surface area (Å²) < 4.78 is 14.1. The van der Waals surface area contributed by atoms with Gasteiger partial charge in [-0.25, -0.2) is 4.79 Å². The van der Waals surface area contributed by atoms with E-state index in [0.717, 1.165) is 0 Å². The Balaban J connectivity index is 0. The van der Waals surface area contributed by atoms with Gasteiger partial charge in [0.15, 0.2) is 5.60 Å². The van der Waals surface area contributed by atoms with E-state index in [1.165, 1.54) is 0 Å². The molecule has 0 amide bonds. The van der Waals surface area contributed by atoms with E-state index in [1.807, 2.05) is 0 Å². The molecule has 0 fully saturated rings. The van der Waals surface area contributed by atoms with Crippen LogP contribution in [0.1, 0.15) is 12.8 Å². The molecule has 0 rings (SSSR count). The van der Waals surface area contributed by atoms with Gasteiger partial charge >= 0.3 is 47.5 Å². The van der Waals surface area contributed by atoms with Gasteiger partial charge in [0.2, 0.25) is 0 Å². The number of carboxylic acids is 3. The van der Waals surface area contributed by atoms with E-state index in [4.69, 9.17) is 20.2 Å². The number of carboxylic acid groups (broad SMARTS) is 3. The van der Waals surface area contributed by atoms with Crippen molar-refractivity contribution in [3.8, 4) is 0 Å². The van der Waals surface area contributed by atoms with Crippen molar-refractivity contribution >= 4 is 25.7 Å². The quantitative estimate of drug-likeness (QED) is 0.263. The van der Waals surface area contributed by atoms with Crippen LogP contribution >= 0.6 is 7.82 Å². The Bertz CT molecular complexity index is 370. The summed E-state index contributed by atoms with van der Waals surface area (Å²) in [6.07, 6.45) is -2.89. The maximum absolute atomic E-state index is 10.7. The minimum Gasteiger partial charge on any atom is -0.756 e. The molecule has 1 atom stereocenters. The summed E-state index contributed by atoms with van der Waals surface area (Å²) in [6, 6.07) is 0. The number of phosphoric acid groups is 1. The molecule has 0 aliphatic rings. The zero-order valence-electron chi connectivity index (χ0n) is 9.10. The molecule has 0 spiro atoms. The van der Waals surface area contributed by atoms with Crippen LogP contribution in [0.2, 0.25) is 0 Å². The third-order valence-electron chi connectivity index (χ3n) is 1.55. The van der Waals surface area contributed by atoms with E-state index in [9.17, 15) is 23.8 Å². The number of hydrogen-bond acceptors (Lipinski definition) is 6. The second-order valence-electron chi connectivity index (χ2n) is 3.00. The Kier molecular flexibility index (Phi) is 7.93. The Hall–Kier alpha value is -0.480. The van der Waals surface area contributed by atoms with Crippen LogP contribution in [0.3, 0.4) is 0 Å². The minimum atomic E-state index is -5.61. The first kappa shape index (κ1) is 19.9. The molecule has 0 saturated carbocycles. The second-order valence-corrected chi connectivity index (χ2v) is 4.12. The van der Waals surface area contributed by atoms with Crippen LogP contribution in [-0.2, 0) is 23.5 Å². The van der Waals surface area contributed by atoms with E-state index in [0.29, 0.717) is 0 Å². The summed E-state index contributed by atoms with van der Waals surface area (Å²) in [5.74, 6) is -5.74. The Morgan fingerprint density at radius 3 is 1.61 bits per heavy atom. The van der Waals surface area contributed by atoms with Crippen molar-refractivity contribution in [3.63, 3.8) is 0 Å². The largest absolute Gasteiger partial charge is 1.00 e. The van der Waals surface area contributed by atoms with Gasteiger partial charge in [0.1, 0.15) is 0 Å². The number of aliphatic carboxylic acids is 3. The predicted octanol–water partition coefficient (Wildman–Crippen LogP) is -4.76. The van der Waals surface area contributed by atoms with E-state index in [2.05, 4.69) is 4.52 Å². The molecule has 0 aliphatic carbocycles. The standard InChI is InChI=1S/C6H9O10P.Na/c7-3(8)1-6(5(11)12,2-4(9)10)16-17(13,14)15;/h1-2H2,(H,7,8)(H,9,10)(H,11,12)(H2,13,14,15);/q;+1/p-1. The van der Waals surface area contributed by atoms with Crippen molar-refractivity contribution in [1.29, 1.82) is 0 Å². The monoisotopic (exact) mass is 294 g/mol. The molecule has 0 radical (unpaired) electrons. The van der Waals surface area contributed by atoms with Gasteiger partial charge in [-0.1, -0.05) is 0 Å². The fourth-order valence-corrected chi connectivity index (χ4v) is 1.68. The van der Waals surface area contributed by atoms with Gasteiger partial charge in [-0.05, 0) is 0 Å². The third kappa shape index (κ3) is 7.07. The Morgan fingerprint density at radius 2 is 1.44 bits per heavy atom. The predicted molar refractivity (Wildman–Crippen MR) is 45.8 cm³/mol. The molecule has 0 aliphatic heterocycles. The van der Waals surface area contributed by atoms with Crippen LogP contribution in [0.15, 0.2) is 0 Å². The third-order valence-corrected chi connectivity index (χ3v) is 2.13. The van der Waals surface area contributed by atoms with Gasteiger partial charge in [-0.2, -0.15) is 0 Å². The van der Waals surface area contributed by atoms with Crippen molar-refractivity contribution in [3.05, 3.63) is 0 Å². The molecule has 0 heterocycles. The second kappa shape index (κ2) is 7.19. The van der Waals surface area contributed by atoms with E-state index in [1.54, 1.807) is 0 Å². The van der Waals surface area contributed by atoms with Gasteiger partial charge in [0.25, 0.3) is 7.82 Å². The zero-order valence-corrected chi connectivity index (χ0v) is 12.0. The van der Waals surface area contributed by atoms with Crippen LogP contribution in [0, 0.1) is 0 Å². The number of rotatable bonds is 7. The maximum atomic E-state index is 10.7. The molecule has 18 heavy (non-hydrogen) atoms. The normalized spacial score (nSPS) is 14.1. The fraction of sp³-hybridized carbons (Fsp3) is 0.500. The Morgan fingerprint density at radius 1 is 1.11 bits per heavy atom. The average molecular weight is 294 g/mol. The molecule has 1 unspecified atom stereocenters. The molecule has 0 aromatic carbocycles. The van der Waals surface area contributed by atoms with Crippen molar-refractivity contribution in [2.75, 3.05) is 0 Å². The molecule has 0 bridgehead atoms. The minimum absolute atomic E-state index is 0. The van der Waals surface area contributed by atoms with Gasteiger partial charge in [-0.3, -0.25) is 18.7 Å². The number of carbonyl (C=O) groups is 3. The van der Waals surface area contributed by atoms with E-state index >= 15 is 0 Å². The van der Waals surface area contributed by atoms with Crippen LogP contribution in [0.5, 0.6) is 0 Å². The first-order chi connectivity index (χ1) is 7.48. The Labute approximate surface area is 122 Å². The van der Waals surface area contributed by atoms with Crippen molar-refractivity contribution < 1.29 is 78.1 Å². The molecule has 0 saturated heterocycles. The summed E-state index contributed by atoms with van der Waals surface area (Å²) in [5.41, 5.74) is -3.08. The topological polar surface area (TPSA) is 181 Å². The van der Waals surface area contributed by atoms with Crippen LogP contribution in [-0.4, -0.2) is 43.7 Å². The fourth-order valence-electron chi connectivity index (χ4n) is 1.03. The van der Waals surface area contributed by atoms with Crippen LogP contribution in [0.4, 0.5) is 0 Å². The maximum Gasteiger partial charge on any atom is 1.00 e. The molecule has 12 heteroatoms. The molecule has 10 nitrogen and oxygen atoms in total. The van der Waals surface area contributed by atoms with Crippen molar-refractivity contribution in [2.24, 2.45) is 0 Å². The van der Waals surface area contributed by atoms with Crippen molar-refractivity contribution in [1.82, 2.24) is 0 Å². The first-order valence-corrected chi connectivity index (χ1v) is 5.39. The van der Waals surface area contributed by atoms with Crippen molar-refractivity contribution in [2.45, 2.75) is 18.4 Å². The smallest absolute Gasteiger partial charge is 0.756 e. The molecule has 4 N–H and O–H groups in total. The molecular formula is C6H8NaO10P. The molecule has 0 aromatic heterocycles. The molecule has 0 aromatic rings. The summed E-state index contributed by atoms with van der Waals surface area (Å²) in [6.45, 7) is 0. The summed E-state index contributed by atoms with van der Waals surface area (Å²) >= 11 is 0. The number of phosphoric ester groups is 1. The zero-order chi connectivity index (χ0) is 13.9. The van der Waals surface area contributed by atoms with E-state index < -0.39 is 44.2 Å². The average Bonchev–Trinajstić information content (AvgIpc) is 1.96. The number of hydrogen-bond donors (Lipinski definition) is 4. The first-order valence-electron chi connectivity index (χ1n) is 3.90. The van der Waals surface area contributed by atoms with Gasteiger partial charge in [0, 0.05) is 0 Å². The summed E-state index contributed by atoms with van der Waals surface area (Å²) in [7, 11) is -5.61. The van der Waals surface area contributed by atoms with Gasteiger partial charge < -0.3 is 25.1 Å². The van der Waals surface area contributed by atoms with Crippen LogP contribution < -0.4 is 34.5 Å². The molecule has 98 valence electrons. The van der Waals surface area contributed by atoms with E-state index in [-0.39, 0.29) is 29.6 Å². The van der Waals surface area contributed by atoms with Crippen LogP contribution in [0.25, 0.3) is 0 Å². The van der Waals surface area contributed by atoms with Gasteiger partial charge in [0.05, 0.1) is 12.8 Å². The molecular weight excluding hydrogens is 286 g/mol.